The number of nitrogens with zero attached hydrogens (tertiary/aromatic N) is 1. The topological polar surface area (TPSA) is 38.8 Å². The number of benzene rings is 1. The van der Waals surface area contributed by atoms with Gasteiger partial charge in [0.15, 0.2) is 5.75 Å². The molecule has 1 aromatic carbocycles. The van der Waals surface area contributed by atoms with Crippen molar-refractivity contribution in [2.24, 2.45) is 5.92 Å². The van der Waals surface area contributed by atoms with Gasteiger partial charge in [-0.05, 0) is 61.6 Å². The highest BCUT2D eigenvalue weighted by Gasteiger charge is 2.26. The quantitative estimate of drug-likeness (QED) is 0.588. The third-order valence-corrected chi connectivity index (χ3v) is 5.35. The van der Waals surface area contributed by atoms with E-state index in [1.807, 2.05) is 24.3 Å². The summed E-state index contributed by atoms with van der Waals surface area (Å²) in [4.78, 5) is 26.0. The Balaban J connectivity index is 1.45. The van der Waals surface area contributed by atoms with Gasteiger partial charge in [0.2, 0.25) is 0 Å². The van der Waals surface area contributed by atoms with Crippen molar-refractivity contribution >= 4 is 17.3 Å². The van der Waals surface area contributed by atoms with E-state index in [0.717, 1.165) is 38.9 Å². The van der Waals surface area contributed by atoms with Crippen LogP contribution in [0.25, 0.3) is 0 Å². The summed E-state index contributed by atoms with van der Waals surface area (Å²) in [6.45, 7) is 5.08. The summed E-state index contributed by atoms with van der Waals surface area (Å²) in [5, 5.41) is 2.08. The average Bonchev–Trinajstić information content (AvgIpc) is 3.14. The fourth-order valence-corrected chi connectivity index (χ4v) is 3.66. The van der Waals surface area contributed by atoms with Crippen LogP contribution in [0.3, 0.4) is 0 Å². The maximum Gasteiger partial charge on any atom is 0.358 e. The zero-order chi connectivity index (χ0) is 16.8. The molecule has 0 saturated carbocycles. The summed E-state index contributed by atoms with van der Waals surface area (Å²) in [6, 6.07) is 11.9. The first-order valence-corrected chi connectivity index (χ1v) is 9.34. The Morgan fingerprint density at radius 2 is 1.96 bits per heavy atom. The summed E-state index contributed by atoms with van der Waals surface area (Å²) >= 11 is 1.75. The van der Waals surface area contributed by atoms with Gasteiger partial charge in [-0.25, -0.2) is 4.79 Å². The summed E-state index contributed by atoms with van der Waals surface area (Å²) in [5.74, 6) is 0.253. The van der Waals surface area contributed by atoms with Crippen LogP contribution in [-0.2, 0) is 16.1 Å². The molecular formula is C19H23NO3S. The van der Waals surface area contributed by atoms with Crippen molar-refractivity contribution in [2.45, 2.75) is 26.2 Å². The third kappa shape index (κ3) is 4.58. The second-order valence-corrected chi connectivity index (χ2v) is 7.13. The lowest BCUT2D eigenvalue weighted by atomic mass is 9.97. The second-order valence-electron chi connectivity index (χ2n) is 6.09. The summed E-state index contributed by atoms with van der Waals surface area (Å²) in [5.41, 5.74) is 1.21. The number of thiophene rings is 1. The maximum atomic E-state index is 12.1. The van der Waals surface area contributed by atoms with Crippen molar-refractivity contribution in [1.29, 1.82) is 0 Å². The Hall–Kier alpha value is -1.85. The molecule has 1 aromatic heterocycles. The van der Waals surface area contributed by atoms with E-state index in [-0.39, 0.29) is 11.9 Å². The van der Waals surface area contributed by atoms with Gasteiger partial charge in [0, 0.05) is 11.3 Å². The van der Waals surface area contributed by atoms with Crippen LogP contribution in [0, 0.1) is 5.92 Å². The predicted molar refractivity (Wildman–Crippen MR) is 95.1 cm³/mol. The molecule has 0 spiro atoms. The first-order chi connectivity index (χ1) is 11.7. The first kappa shape index (κ1) is 17.0. The van der Waals surface area contributed by atoms with E-state index in [2.05, 4.69) is 29.3 Å². The molecule has 0 amide bonds. The molecule has 0 unspecified atom stereocenters. The molecule has 1 saturated heterocycles. The van der Waals surface area contributed by atoms with Gasteiger partial charge in [-0.1, -0.05) is 25.1 Å². The normalized spacial score (nSPS) is 16.0. The number of carbonyl (C=O) groups excluding carboxylic acids is 1. The molecule has 1 aliphatic rings. The molecule has 2 heterocycles. The minimum atomic E-state index is -0.256. The van der Waals surface area contributed by atoms with E-state index < -0.39 is 0 Å². The van der Waals surface area contributed by atoms with Crippen molar-refractivity contribution in [1.82, 2.24) is 4.90 Å². The van der Waals surface area contributed by atoms with Crippen molar-refractivity contribution in [3.05, 3.63) is 52.2 Å². The lowest BCUT2D eigenvalue weighted by Crippen LogP contribution is -2.36. The van der Waals surface area contributed by atoms with E-state index in [1.54, 1.807) is 11.3 Å². The van der Waals surface area contributed by atoms with Crippen LogP contribution < -0.4 is 4.89 Å². The van der Waals surface area contributed by atoms with E-state index in [9.17, 15) is 4.79 Å². The van der Waals surface area contributed by atoms with Crippen LogP contribution in [0.2, 0.25) is 0 Å². The molecule has 1 aliphatic heterocycles. The lowest BCUT2D eigenvalue weighted by molar-refractivity contribution is -0.220. The van der Waals surface area contributed by atoms with Crippen LogP contribution in [0.15, 0.2) is 41.8 Å². The van der Waals surface area contributed by atoms with Crippen LogP contribution in [-0.4, -0.2) is 30.5 Å². The Bertz CT molecular complexity index is 631. The molecule has 0 atom stereocenters. The van der Waals surface area contributed by atoms with Gasteiger partial charge in [-0.2, -0.15) is 0 Å². The Morgan fingerprint density at radius 1 is 1.21 bits per heavy atom. The molecular weight excluding hydrogens is 322 g/mol. The number of rotatable bonds is 6. The van der Waals surface area contributed by atoms with Gasteiger partial charge in [0.1, 0.15) is 0 Å². The van der Waals surface area contributed by atoms with Crippen molar-refractivity contribution < 1.29 is 14.6 Å². The lowest BCUT2D eigenvalue weighted by Gasteiger charge is -2.29. The van der Waals surface area contributed by atoms with Crippen LogP contribution in [0.1, 0.15) is 30.2 Å². The van der Waals surface area contributed by atoms with E-state index in [1.165, 1.54) is 10.4 Å². The zero-order valence-electron chi connectivity index (χ0n) is 13.9. The SMILES string of the molecule is CCN1CCC(C(=O)OOc2ccc(Cc3cccs3)cc2)CC1. The van der Waals surface area contributed by atoms with E-state index in [4.69, 9.17) is 9.78 Å². The molecule has 1 fully saturated rings. The fraction of sp³-hybridized carbons (Fsp3) is 0.421. The first-order valence-electron chi connectivity index (χ1n) is 8.46. The maximum absolute atomic E-state index is 12.1. The second kappa shape index (κ2) is 8.31. The summed E-state index contributed by atoms with van der Waals surface area (Å²) in [7, 11) is 0. The summed E-state index contributed by atoms with van der Waals surface area (Å²) in [6.07, 6.45) is 2.60. The molecule has 24 heavy (non-hydrogen) atoms. The molecule has 3 rings (SSSR count). The highest BCUT2D eigenvalue weighted by atomic mass is 32.1. The molecule has 5 heteroatoms. The van der Waals surface area contributed by atoms with Gasteiger partial charge in [-0.15, -0.1) is 11.3 Å². The molecule has 128 valence electrons. The van der Waals surface area contributed by atoms with Gasteiger partial charge >= 0.3 is 5.97 Å². The Morgan fingerprint density at radius 3 is 2.58 bits per heavy atom. The zero-order valence-corrected chi connectivity index (χ0v) is 14.8. The average molecular weight is 345 g/mol. The molecule has 0 N–H and O–H groups in total. The molecule has 0 bridgehead atoms. The Labute approximate surface area is 146 Å². The van der Waals surface area contributed by atoms with E-state index in [0.29, 0.717) is 5.75 Å². The fourth-order valence-electron chi connectivity index (χ4n) is 2.92. The smallest absolute Gasteiger partial charge is 0.304 e. The van der Waals surface area contributed by atoms with Gasteiger partial charge < -0.3 is 4.90 Å². The number of hydrogen-bond acceptors (Lipinski definition) is 5. The number of carbonyl (C=O) groups is 1. The summed E-state index contributed by atoms with van der Waals surface area (Å²) < 4.78 is 0. The molecule has 2 aromatic rings. The third-order valence-electron chi connectivity index (χ3n) is 4.47. The van der Waals surface area contributed by atoms with Crippen LogP contribution in [0.5, 0.6) is 5.75 Å². The molecule has 4 nitrogen and oxygen atoms in total. The van der Waals surface area contributed by atoms with Gasteiger partial charge in [0.25, 0.3) is 0 Å². The van der Waals surface area contributed by atoms with E-state index >= 15 is 0 Å². The van der Waals surface area contributed by atoms with Gasteiger partial charge in [-0.3, -0.25) is 9.78 Å². The van der Waals surface area contributed by atoms with Crippen molar-refractivity contribution in [3.63, 3.8) is 0 Å². The monoisotopic (exact) mass is 345 g/mol. The predicted octanol–water partition coefficient (Wildman–Crippen LogP) is 3.91. The van der Waals surface area contributed by atoms with Crippen molar-refractivity contribution in [3.8, 4) is 5.75 Å². The van der Waals surface area contributed by atoms with Crippen LogP contribution >= 0.6 is 11.3 Å². The number of likely N-dealkylation sites (tertiary alicyclic amines) is 1. The molecule has 0 aliphatic carbocycles. The standard InChI is InChI=1S/C19H23NO3S/c1-2-20-11-9-16(10-12-20)19(21)23-22-17-7-5-15(6-8-17)14-18-4-3-13-24-18/h3-8,13,16H,2,9-12,14H2,1H3. The Kier molecular flexibility index (Phi) is 5.88. The van der Waals surface area contributed by atoms with Crippen LogP contribution in [0.4, 0.5) is 0 Å². The highest BCUT2D eigenvalue weighted by molar-refractivity contribution is 7.09. The number of hydrogen-bond donors (Lipinski definition) is 0. The highest BCUT2D eigenvalue weighted by Crippen LogP contribution is 2.21. The van der Waals surface area contributed by atoms with Crippen molar-refractivity contribution in [2.75, 3.05) is 19.6 Å². The minimum absolute atomic E-state index is 0.0501. The minimum Gasteiger partial charge on any atom is -0.304 e. The number of piperidine rings is 1. The largest absolute Gasteiger partial charge is 0.358 e. The van der Waals surface area contributed by atoms with Gasteiger partial charge in [0.05, 0.1) is 5.92 Å². The molecule has 0 radical (unpaired) electrons.